The van der Waals surface area contributed by atoms with Crippen molar-refractivity contribution in [1.82, 2.24) is 4.90 Å². The highest BCUT2D eigenvalue weighted by molar-refractivity contribution is 6.72. The third-order valence-corrected chi connectivity index (χ3v) is 13.1. The molecule has 12 nitrogen and oxygen atoms in total. The van der Waals surface area contributed by atoms with Crippen LogP contribution < -0.4 is 14.5 Å². The molecule has 0 bridgehead atoms. The summed E-state index contributed by atoms with van der Waals surface area (Å²) in [6.45, 7) is 5.09. The summed E-state index contributed by atoms with van der Waals surface area (Å²) in [6, 6.07) is 18.3. The van der Waals surface area contributed by atoms with Crippen LogP contribution in [0.3, 0.4) is 0 Å². The van der Waals surface area contributed by atoms with E-state index in [-0.39, 0.29) is 55.3 Å². The number of aliphatic hydroxyl groups excluding tert-OH is 1. The molecular formula is C36H39FN4O8Si. The lowest BCUT2D eigenvalue weighted by molar-refractivity contribution is -0.385. The van der Waals surface area contributed by atoms with Gasteiger partial charge in [-0.15, -0.1) is 0 Å². The molecule has 1 N–H and O–H groups in total. The maximum Gasteiger partial charge on any atom is 0.269 e. The average molecular weight is 703 g/mol. The van der Waals surface area contributed by atoms with Gasteiger partial charge in [0.25, 0.3) is 17.5 Å². The van der Waals surface area contributed by atoms with Crippen LogP contribution in [0.25, 0.3) is 0 Å². The Labute approximate surface area is 289 Å². The molecule has 3 aromatic rings. The van der Waals surface area contributed by atoms with Gasteiger partial charge in [0.1, 0.15) is 5.75 Å². The van der Waals surface area contributed by atoms with E-state index in [0.29, 0.717) is 35.8 Å². The number of anilines is 3. The number of ether oxygens (including phenoxy) is 2. The lowest BCUT2D eigenvalue weighted by Gasteiger charge is -2.31. The van der Waals surface area contributed by atoms with Gasteiger partial charge in [-0.05, 0) is 61.8 Å². The fraction of sp³-hybridized carbons (Fsp3) is 0.417. The Bertz CT molecular complexity index is 1870. The molecule has 4 heterocycles. The van der Waals surface area contributed by atoms with Crippen molar-refractivity contribution < 1.29 is 38.0 Å². The zero-order valence-electron chi connectivity index (χ0n) is 28.1. The molecule has 0 radical (unpaired) electrons. The Kier molecular flexibility index (Phi) is 8.51. The molecule has 262 valence electrons. The lowest BCUT2D eigenvalue weighted by atomic mass is 9.82. The van der Waals surface area contributed by atoms with Crippen LogP contribution >= 0.6 is 0 Å². The van der Waals surface area contributed by atoms with Gasteiger partial charge in [-0.25, -0.2) is 0 Å². The smallest absolute Gasteiger partial charge is 0.269 e. The summed E-state index contributed by atoms with van der Waals surface area (Å²) in [5.74, 6) is -1.13. The highest BCUT2D eigenvalue weighted by Crippen LogP contribution is 2.61. The van der Waals surface area contributed by atoms with Crippen molar-refractivity contribution in [3.05, 3.63) is 88.0 Å². The zero-order valence-corrected chi connectivity index (χ0v) is 29.1. The number of nitrogens with zero attached hydrogens (tertiary/aromatic N) is 4. The summed E-state index contributed by atoms with van der Waals surface area (Å²) in [7, 11) is -3.60. The van der Waals surface area contributed by atoms with Crippen LogP contribution in [0.1, 0.15) is 37.3 Å². The first-order chi connectivity index (χ1) is 23.8. The topological polar surface area (TPSA) is 143 Å². The first-order valence-corrected chi connectivity index (χ1v) is 19.8. The second-order valence-electron chi connectivity index (χ2n) is 14.0. The number of non-ortho nitro benzene ring substituents is 1. The molecule has 14 heteroatoms. The normalized spacial score (nSPS) is 26.0. The van der Waals surface area contributed by atoms with Crippen LogP contribution in [-0.2, 0) is 31.3 Å². The van der Waals surface area contributed by atoms with Gasteiger partial charge in [0.2, 0.25) is 14.3 Å². The molecule has 0 unspecified atom stereocenters. The molecule has 0 aliphatic carbocycles. The minimum atomic E-state index is -3.60. The number of nitro groups is 1. The van der Waals surface area contributed by atoms with Gasteiger partial charge in [-0.2, -0.15) is 0 Å². The van der Waals surface area contributed by atoms with E-state index < -0.39 is 42.4 Å². The number of carbonyl (C=O) groups excluding carboxylic acids is 3. The Morgan fingerprint density at radius 1 is 1.10 bits per heavy atom. The molecular weight excluding hydrogens is 664 g/mol. The molecule has 7 rings (SSSR count). The molecule has 5 atom stereocenters. The fourth-order valence-corrected chi connectivity index (χ4v) is 11.0. The summed E-state index contributed by atoms with van der Waals surface area (Å²) in [4.78, 5) is 57.3. The molecule has 50 heavy (non-hydrogen) atoms. The molecule has 0 aromatic heterocycles. The fourth-order valence-electron chi connectivity index (χ4n) is 8.47. The van der Waals surface area contributed by atoms with Gasteiger partial charge in [-0.1, -0.05) is 31.2 Å². The molecule has 3 amide bonds. The number of aliphatic hydroxyl groups is 1. The SMILES string of the molecule is C[C@@H]1[C@@H]([Si](C)(C)F)[C@H](CC(=O)N2CCC[C@H]2CO)O[C@@]12C(=O)N(Cc1ccc(N3C(=O)COc4ccccc43)cc1)c1ccc([N+](=O)[O-])cc12. The van der Waals surface area contributed by atoms with E-state index in [1.165, 1.54) is 36.2 Å². The molecule has 0 saturated carbocycles. The van der Waals surface area contributed by atoms with E-state index in [0.717, 1.165) is 12.0 Å². The Balaban J connectivity index is 1.23. The van der Waals surface area contributed by atoms with Crippen molar-refractivity contribution in [2.75, 3.05) is 29.6 Å². The quantitative estimate of drug-likeness (QED) is 0.143. The van der Waals surface area contributed by atoms with E-state index >= 15 is 4.11 Å². The Morgan fingerprint density at radius 3 is 2.54 bits per heavy atom. The largest absolute Gasteiger partial charge is 0.482 e. The maximum atomic E-state index is 16.3. The first-order valence-electron chi connectivity index (χ1n) is 16.9. The van der Waals surface area contributed by atoms with Crippen molar-refractivity contribution in [1.29, 1.82) is 0 Å². The molecule has 1 spiro atoms. The molecule has 3 aromatic carbocycles. The van der Waals surface area contributed by atoms with Crippen molar-refractivity contribution in [3.63, 3.8) is 0 Å². The van der Waals surface area contributed by atoms with Gasteiger partial charge in [0.05, 0.1) is 48.0 Å². The number of para-hydroxylation sites is 2. The van der Waals surface area contributed by atoms with Crippen molar-refractivity contribution in [3.8, 4) is 5.75 Å². The lowest BCUT2D eigenvalue weighted by Crippen LogP contribution is -2.45. The summed E-state index contributed by atoms with van der Waals surface area (Å²) >= 11 is 0. The number of likely N-dealkylation sites (tertiary alicyclic amines) is 1. The zero-order chi connectivity index (χ0) is 35.5. The predicted octanol–water partition coefficient (Wildman–Crippen LogP) is 5.35. The third kappa shape index (κ3) is 5.45. The van der Waals surface area contributed by atoms with E-state index in [9.17, 15) is 29.6 Å². The molecule has 2 saturated heterocycles. The van der Waals surface area contributed by atoms with Gasteiger partial charge in [0, 0.05) is 41.4 Å². The van der Waals surface area contributed by atoms with E-state index in [2.05, 4.69) is 0 Å². The van der Waals surface area contributed by atoms with Gasteiger partial charge in [-0.3, -0.25) is 29.4 Å². The van der Waals surface area contributed by atoms with Crippen LogP contribution in [-0.4, -0.2) is 73.0 Å². The predicted molar refractivity (Wildman–Crippen MR) is 184 cm³/mol. The standard InChI is InChI=1S/C36H39FN4O8Si/c1-22-34(50(2,3)37)31(18-32(43)38-16-6-7-26(38)20-42)49-36(22)27-17-25(41(46)47)14-15-28(27)39(35(36)45)19-23-10-12-24(13-11-23)40-29-8-4-5-9-30(29)48-21-33(40)44/h4-5,8-15,17,22,26,31,34,42H,6-7,16,18-21H2,1-3H3/t22-,26+,31+,34-,36+/m1/s1. The van der Waals surface area contributed by atoms with Crippen molar-refractivity contribution in [2.24, 2.45) is 5.92 Å². The van der Waals surface area contributed by atoms with E-state index in [1.54, 1.807) is 53.1 Å². The highest BCUT2D eigenvalue weighted by atomic mass is 28.4. The van der Waals surface area contributed by atoms with Gasteiger partial charge < -0.3 is 28.5 Å². The second-order valence-corrected chi connectivity index (χ2v) is 17.8. The van der Waals surface area contributed by atoms with Crippen LogP contribution in [0.15, 0.2) is 66.7 Å². The van der Waals surface area contributed by atoms with E-state index in [1.807, 2.05) is 12.1 Å². The van der Waals surface area contributed by atoms with Crippen LogP contribution in [0, 0.1) is 16.0 Å². The van der Waals surface area contributed by atoms with Crippen LogP contribution in [0.5, 0.6) is 5.75 Å². The number of nitro benzene ring substituents is 1. The van der Waals surface area contributed by atoms with Crippen molar-refractivity contribution in [2.45, 2.75) is 69.1 Å². The molecule has 2 fully saturated rings. The monoisotopic (exact) mass is 702 g/mol. The van der Waals surface area contributed by atoms with Crippen LogP contribution in [0.4, 0.5) is 26.9 Å². The maximum absolute atomic E-state index is 16.3. The number of fused-ring (bicyclic) bond motifs is 3. The minimum Gasteiger partial charge on any atom is -0.482 e. The average Bonchev–Trinajstić information content (AvgIpc) is 3.75. The Morgan fingerprint density at radius 2 is 1.84 bits per heavy atom. The summed E-state index contributed by atoms with van der Waals surface area (Å²) < 4.78 is 28.5. The molecule has 4 aliphatic heterocycles. The number of amides is 3. The summed E-state index contributed by atoms with van der Waals surface area (Å²) in [5.41, 5.74) is -0.102. The number of hydrogen-bond acceptors (Lipinski definition) is 8. The molecule has 4 aliphatic rings. The second kappa shape index (κ2) is 12.6. The first kappa shape index (κ1) is 33.8. The summed E-state index contributed by atoms with van der Waals surface area (Å²) in [5, 5.41) is 21.8. The number of rotatable bonds is 8. The minimum absolute atomic E-state index is 0.0755. The van der Waals surface area contributed by atoms with E-state index in [4.69, 9.17) is 9.47 Å². The van der Waals surface area contributed by atoms with Crippen molar-refractivity contribution >= 4 is 48.9 Å². The third-order valence-electron chi connectivity index (χ3n) is 10.7. The number of carbonyl (C=O) groups is 3. The Hall–Kier alpha value is -4.66. The van der Waals surface area contributed by atoms with Gasteiger partial charge >= 0.3 is 0 Å². The van der Waals surface area contributed by atoms with Gasteiger partial charge in [0.15, 0.2) is 12.2 Å². The number of hydrogen-bond donors (Lipinski definition) is 1. The summed E-state index contributed by atoms with van der Waals surface area (Å²) in [6.07, 6.45) is 0.295. The van der Waals surface area contributed by atoms with Crippen LogP contribution in [0.2, 0.25) is 18.6 Å². The number of halogens is 1. The highest BCUT2D eigenvalue weighted by Gasteiger charge is 2.67. The number of benzene rings is 3.